The van der Waals surface area contributed by atoms with Gasteiger partial charge in [-0.3, -0.25) is 4.98 Å². The van der Waals surface area contributed by atoms with Crippen molar-refractivity contribution in [3.63, 3.8) is 0 Å². The average Bonchev–Trinajstić information content (AvgIpc) is 2.19. The molecule has 0 aliphatic heterocycles. The van der Waals surface area contributed by atoms with Gasteiger partial charge >= 0.3 is 0 Å². The summed E-state index contributed by atoms with van der Waals surface area (Å²) in [7, 11) is 2.19. The first-order valence-corrected chi connectivity index (χ1v) is 5.79. The fourth-order valence-corrected chi connectivity index (χ4v) is 1.98. The third-order valence-electron chi connectivity index (χ3n) is 2.61. The number of hydrogen-bond acceptors (Lipinski definition) is 2. The average molecular weight is 206 g/mol. The molecule has 0 saturated heterocycles. The zero-order valence-corrected chi connectivity index (χ0v) is 10.1. The van der Waals surface area contributed by atoms with Crippen LogP contribution in [0.25, 0.3) is 0 Å². The summed E-state index contributed by atoms with van der Waals surface area (Å²) in [6.07, 6.45) is 6.32. The first-order chi connectivity index (χ1) is 7.22. The molecule has 0 spiro atoms. The minimum absolute atomic E-state index is 0.793. The van der Waals surface area contributed by atoms with Gasteiger partial charge in [0.25, 0.3) is 0 Å². The molecule has 15 heavy (non-hydrogen) atoms. The normalized spacial score (nSPS) is 13.1. The van der Waals surface area contributed by atoms with Crippen LogP contribution < -0.4 is 0 Å². The Morgan fingerprint density at radius 2 is 2.00 bits per heavy atom. The molecule has 1 unspecified atom stereocenters. The first kappa shape index (κ1) is 12.2. The van der Waals surface area contributed by atoms with Crippen LogP contribution in [0.2, 0.25) is 0 Å². The molecule has 0 fully saturated rings. The minimum atomic E-state index is 0.793. The molecule has 0 aromatic carbocycles. The second-order valence-corrected chi connectivity index (χ2v) is 4.45. The van der Waals surface area contributed by atoms with Gasteiger partial charge in [0.1, 0.15) is 0 Å². The quantitative estimate of drug-likeness (QED) is 0.711. The lowest BCUT2D eigenvalue weighted by Crippen LogP contribution is -2.23. The number of aromatic nitrogens is 1. The predicted octanol–water partition coefficient (Wildman–Crippen LogP) is 2.95. The van der Waals surface area contributed by atoms with Crippen LogP contribution in [0.5, 0.6) is 0 Å². The first-order valence-electron chi connectivity index (χ1n) is 5.79. The van der Waals surface area contributed by atoms with Crippen molar-refractivity contribution < 1.29 is 0 Å². The van der Waals surface area contributed by atoms with Crippen LogP contribution in [-0.2, 0) is 6.54 Å². The lowest BCUT2D eigenvalue weighted by Gasteiger charge is -2.20. The highest BCUT2D eigenvalue weighted by Gasteiger charge is 2.05. The van der Waals surface area contributed by atoms with Crippen LogP contribution in [0.15, 0.2) is 24.5 Å². The van der Waals surface area contributed by atoms with E-state index in [1.807, 2.05) is 12.4 Å². The van der Waals surface area contributed by atoms with Gasteiger partial charge in [0.05, 0.1) is 0 Å². The molecule has 0 N–H and O–H groups in total. The summed E-state index contributed by atoms with van der Waals surface area (Å²) in [6.45, 7) is 6.78. The SMILES string of the molecule is CCCC(C)CN(C)Cc1ccncc1. The highest BCUT2D eigenvalue weighted by Crippen LogP contribution is 2.08. The summed E-state index contributed by atoms with van der Waals surface area (Å²) in [5.74, 6) is 0.793. The van der Waals surface area contributed by atoms with Gasteiger partial charge in [-0.15, -0.1) is 0 Å². The van der Waals surface area contributed by atoms with Gasteiger partial charge in [-0.2, -0.15) is 0 Å². The zero-order chi connectivity index (χ0) is 11.1. The van der Waals surface area contributed by atoms with Crippen molar-refractivity contribution >= 4 is 0 Å². The van der Waals surface area contributed by atoms with E-state index in [9.17, 15) is 0 Å². The van der Waals surface area contributed by atoms with E-state index < -0.39 is 0 Å². The predicted molar refractivity (Wildman–Crippen MR) is 64.6 cm³/mol. The van der Waals surface area contributed by atoms with Crippen molar-refractivity contribution in [3.05, 3.63) is 30.1 Å². The van der Waals surface area contributed by atoms with Crippen LogP contribution >= 0.6 is 0 Å². The molecule has 1 atom stereocenters. The standard InChI is InChI=1S/C13H22N2/c1-4-5-12(2)10-15(3)11-13-6-8-14-9-7-13/h6-9,12H,4-5,10-11H2,1-3H3. The summed E-state index contributed by atoms with van der Waals surface area (Å²) in [5, 5.41) is 0. The topological polar surface area (TPSA) is 16.1 Å². The van der Waals surface area contributed by atoms with Gasteiger partial charge in [0.2, 0.25) is 0 Å². The second kappa shape index (κ2) is 6.57. The summed E-state index contributed by atoms with van der Waals surface area (Å²) in [4.78, 5) is 6.41. The van der Waals surface area contributed by atoms with E-state index in [-0.39, 0.29) is 0 Å². The molecule has 0 amide bonds. The molecule has 1 aromatic heterocycles. The van der Waals surface area contributed by atoms with E-state index in [2.05, 4.69) is 42.9 Å². The largest absolute Gasteiger partial charge is 0.302 e. The van der Waals surface area contributed by atoms with Crippen LogP contribution in [-0.4, -0.2) is 23.5 Å². The Hall–Kier alpha value is -0.890. The zero-order valence-electron chi connectivity index (χ0n) is 10.1. The molecular formula is C13H22N2. The van der Waals surface area contributed by atoms with Gasteiger partial charge in [-0.1, -0.05) is 20.3 Å². The minimum Gasteiger partial charge on any atom is -0.302 e. The fraction of sp³-hybridized carbons (Fsp3) is 0.615. The van der Waals surface area contributed by atoms with E-state index in [1.54, 1.807) is 0 Å². The molecule has 1 rings (SSSR count). The monoisotopic (exact) mass is 206 g/mol. The number of rotatable bonds is 6. The molecule has 0 radical (unpaired) electrons. The van der Waals surface area contributed by atoms with E-state index in [0.29, 0.717) is 0 Å². The maximum absolute atomic E-state index is 4.02. The third-order valence-corrected chi connectivity index (χ3v) is 2.61. The molecule has 2 heteroatoms. The fourth-order valence-electron chi connectivity index (χ4n) is 1.98. The Morgan fingerprint density at radius 3 is 2.60 bits per heavy atom. The van der Waals surface area contributed by atoms with Gasteiger partial charge in [-0.25, -0.2) is 0 Å². The molecule has 1 aromatic rings. The lowest BCUT2D eigenvalue weighted by molar-refractivity contribution is 0.270. The molecule has 84 valence electrons. The Labute approximate surface area is 93.3 Å². The van der Waals surface area contributed by atoms with Crippen molar-refractivity contribution in [1.82, 2.24) is 9.88 Å². The molecule has 2 nitrogen and oxygen atoms in total. The number of hydrogen-bond donors (Lipinski definition) is 0. The van der Waals surface area contributed by atoms with Crippen molar-refractivity contribution in [3.8, 4) is 0 Å². The molecule has 0 aliphatic rings. The molecule has 0 bridgehead atoms. The molecular weight excluding hydrogens is 184 g/mol. The summed E-state index contributed by atoms with van der Waals surface area (Å²) >= 11 is 0. The highest BCUT2D eigenvalue weighted by atomic mass is 15.1. The van der Waals surface area contributed by atoms with E-state index in [1.165, 1.54) is 24.9 Å². The summed E-state index contributed by atoms with van der Waals surface area (Å²) < 4.78 is 0. The third kappa shape index (κ3) is 4.93. The van der Waals surface area contributed by atoms with Gasteiger partial charge in [-0.05, 0) is 37.1 Å². The van der Waals surface area contributed by atoms with Gasteiger partial charge in [0, 0.05) is 25.5 Å². The smallest absolute Gasteiger partial charge is 0.0271 e. The maximum atomic E-state index is 4.02. The number of nitrogens with zero attached hydrogens (tertiary/aromatic N) is 2. The number of pyridine rings is 1. The van der Waals surface area contributed by atoms with Crippen molar-refractivity contribution in [1.29, 1.82) is 0 Å². The van der Waals surface area contributed by atoms with Crippen LogP contribution in [0.4, 0.5) is 0 Å². The second-order valence-electron chi connectivity index (χ2n) is 4.45. The van der Waals surface area contributed by atoms with E-state index in [4.69, 9.17) is 0 Å². The van der Waals surface area contributed by atoms with Gasteiger partial charge in [0.15, 0.2) is 0 Å². The Balaban J connectivity index is 2.33. The summed E-state index contributed by atoms with van der Waals surface area (Å²) in [5.41, 5.74) is 1.34. The Bertz CT molecular complexity index is 258. The molecule has 1 heterocycles. The van der Waals surface area contributed by atoms with Crippen LogP contribution in [0.3, 0.4) is 0 Å². The van der Waals surface area contributed by atoms with Crippen LogP contribution in [0, 0.1) is 5.92 Å². The maximum Gasteiger partial charge on any atom is 0.0271 e. The molecule has 0 aliphatic carbocycles. The van der Waals surface area contributed by atoms with Crippen molar-refractivity contribution in [2.75, 3.05) is 13.6 Å². The Kier molecular flexibility index (Phi) is 5.33. The van der Waals surface area contributed by atoms with Crippen molar-refractivity contribution in [2.45, 2.75) is 33.2 Å². The van der Waals surface area contributed by atoms with E-state index >= 15 is 0 Å². The van der Waals surface area contributed by atoms with Crippen molar-refractivity contribution in [2.24, 2.45) is 5.92 Å². The van der Waals surface area contributed by atoms with Gasteiger partial charge < -0.3 is 4.90 Å². The van der Waals surface area contributed by atoms with E-state index in [0.717, 1.165) is 12.5 Å². The summed E-state index contributed by atoms with van der Waals surface area (Å²) in [6, 6.07) is 4.17. The van der Waals surface area contributed by atoms with Crippen LogP contribution in [0.1, 0.15) is 32.3 Å². The highest BCUT2D eigenvalue weighted by molar-refractivity contribution is 5.09. The molecule has 0 saturated carbocycles. The Morgan fingerprint density at radius 1 is 1.33 bits per heavy atom. The lowest BCUT2D eigenvalue weighted by atomic mass is 10.1.